The van der Waals surface area contributed by atoms with E-state index in [9.17, 15) is 4.39 Å². The largest absolute Gasteiger partial charge is 0.505 e. The molecule has 0 heterocycles. The highest BCUT2D eigenvalue weighted by molar-refractivity contribution is 5.34. The molecule has 3 nitrogen and oxygen atoms in total. The van der Waals surface area contributed by atoms with E-state index < -0.39 is 11.6 Å². The van der Waals surface area contributed by atoms with Crippen LogP contribution in [0.4, 0.5) is 4.39 Å². The minimum Gasteiger partial charge on any atom is -0.505 e. The van der Waals surface area contributed by atoms with Crippen LogP contribution < -0.4 is 4.74 Å². The third-order valence-corrected chi connectivity index (χ3v) is 1.28. The molecule has 0 spiro atoms. The molecule has 0 amide bonds. The Bertz CT molecular complexity index is 262. The van der Waals surface area contributed by atoms with Gasteiger partial charge in [-0.25, -0.2) is 0 Å². The summed E-state index contributed by atoms with van der Waals surface area (Å²) in [5.74, 6) is -1.21. The van der Waals surface area contributed by atoms with Crippen LogP contribution in [0, 0.1) is 5.82 Å². The Hall–Kier alpha value is -1.29. The summed E-state index contributed by atoms with van der Waals surface area (Å²) in [6, 6.07) is 4.15. The standard InChI is InChI=1S/C8H9FO3/c1-11-5-12-7-4-2-3-6(10)8(7)9/h2-4,10H,5H2,1H3. The molecule has 0 unspecified atom stereocenters. The molecule has 0 atom stereocenters. The lowest BCUT2D eigenvalue weighted by molar-refractivity contribution is 0.0479. The smallest absolute Gasteiger partial charge is 0.206 e. The molecule has 1 aromatic rings. The molecule has 1 rings (SSSR count). The monoisotopic (exact) mass is 172 g/mol. The summed E-state index contributed by atoms with van der Waals surface area (Å²) in [4.78, 5) is 0. The van der Waals surface area contributed by atoms with E-state index in [0.29, 0.717) is 0 Å². The SMILES string of the molecule is COCOc1cccc(O)c1F. The first-order valence-corrected chi connectivity index (χ1v) is 3.35. The number of halogens is 1. The fourth-order valence-electron chi connectivity index (χ4n) is 0.733. The Morgan fingerprint density at radius 1 is 1.50 bits per heavy atom. The minimum atomic E-state index is -0.769. The Balaban J connectivity index is 2.78. The fourth-order valence-corrected chi connectivity index (χ4v) is 0.733. The van der Waals surface area contributed by atoms with Gasteiger partial charge in [-0.1, -0.05) is 6.07 Å². The van der Waals surface area contributed by atoms with Crippen LogP contribution in [0.15, 0.2) is 18.2 Å². The lowest BCUT2D eigenvalue weighted by Gasteiger charge is -2.05. The molecule has 12 heavy (non-hydrogen) atoms. The topological polar surface area (TPSA) is 38.7 Å². The van der Waals surface area contributed by atoms with Crippen molar-refractivity contribution >= 4 is 0 Å². The zero-order valence-corrected chi connectivity index (χ0v) is 6.58. The first-order chi connectivity index (χ1) is 5.75. The Morgan fingerprint density at radius 2 is 2.25 bits per heavy atom. The highest BCUT2D eigenvalue weighted by Gasteiger charge is 2.06. The normalized spacial score (nSPS) is 9.83. The predicted molar refractivity (Wildman–Crippen MR) is 40.6 cm³/mol. The van der Waals surface area contributed by atoms with Crippen LogP contribution in [-0.4, -0.2) is 19.0 Å². The number of ether oxygens (including phenoxy) is 2. The predicted octanol–water partition coefficient (Wildman–Crippen LogP) is 1.51. The van der Waals surface area contributed by atoms with E-state index in [1.807, 2.05) is 0 Å². The van der Waals surface area contributed by atoms with E-state index in [1.165, 1.54) is 25.3 Å². The summed E-state index contributed by atoms with van der Waals surface area (Å²) in [7, 11) is 1.43. The van der Waals surface area contributed by atoms with E-state index >= 15 is 0 Å². The van der Waals surface area contributed by atoms with Gasteiger partial charge in [-0.15, -0.1) is 0 Å². The van der Waals surface area contributed by atoms with Gasteiger partial charge >= 0.3 is 0 Å². The molecule has 0 aromatic heterocycles. The lowest BCUT2D eigenvalue weighted by Crippen LogP contribution is -2.00. The molecule has 0 aliphatic heterocycles. The second-order valence-corrected chi connectivity index (χ2v) is 2.14. The van der Waals surface area contributed by atoms with Crippen molar-refractivity contribution in [1.82, 2.24) is 0 Å². The van der Waals surface area contributed by atoms with Crippen LogP contribution in [0.2, 0.25) is 0 Å². The van der Waals surface area contributed by atoms with Gasteiger partial charge < -0.3 is 14.6 Å². The van der Waals surface area contributed by atoms with Crippen molar-refractivity contribution in [3.05, 3.63) is 24.0 Å². The molecule has 1 aromatic carbocycles. The van der Waals surface area contributed by atoms with E-state index in [-0.39, 0.29) is 12.5 Å². The van der Waals surface area contributed by atoms with E-state index in [1.54, 1.807) is 0 Å². The molecule has 0 aliphatic rings. The van der Waals surface area contributed by atoms with Gasteiger partial charge in [-0.05, 0) is 12.1 Å². The van der Waals surface area contributed by atoms with Crippen LogP contribution in [0.1, 0.15) is 0 Å². The number of methoxy groups -OCH3 is 1. The summed E-state index contributed by atoms with van der Waals surface area (Å²) >= 11 is 0. The molecule has 0 aliphatic carbocycles. The van der Waals surface area contributed by atoms with E-state index in [0.717, 1.165) is 0 Å². The Morgan fingerprint density at radius 3 is 2.92 bits per heavy atom. The number of hydrogen-bond acceptors (Lipinski definition) is 3. The maximum absolute atomic E-state index is 12.9. The minimum absolute atomic E-state index is 0.0168. The highest BCUT2D eigenvalue weighted by atomic mass is 19.1. The first-order valence-electron chi connectivity index (χ1n) is 3.35. The van der Waals surface area contributed by atoms with Crippen molar-refractivity contribution in [3.63, 3.8) is 0 Å². The molecule has 0 saturated heterocycles. The van der Waals surface area contributed by atoms with Gasteiger partial charge in [0.05, 0.1) is 0 Å². The van der Waals surface area contributed by atoms with Gasteiger partial charge in [0.15, 0.2) is 18.3 Å². The second kappa shape index (κ2) is 3.92. The van der Waals surface area contributed by atoms with Crippen molar-refractivity contribution in [2.45, 2.75) is 0 Å². The summed E-state index contributed by atoms with van der Waals surface area (Å²) in [5.41, 5.74) is 0. The van der Waals surface area contributed by atoms with Gasteiger partial charge in [0.1, 0.15) is 0 Å². The summed E-state index contributed by atoms with van der Waals surface area (Å²) in [6.07, 6.45) is 0. The van der Waals surface area contributed by atoms with Crippen LogP contribution in [-0.2, 0) is 4.74 Å². The number of hydrogen-bond donors (Lipinski definition) is 1. The summed E-state index contributed by atoms with van der Waals surface area (Å²) < 4.78 is 22.3. The third kappa shape index (κ3) is 1.85. The maximum atomic E-state index is 12.9. The number of aromatic hydroxyl groups is 1. The van der Waals surface area contributed by atoms with E-state index in [2.05, 4.69) is 4.74 Å². The molecule has 0 saturated carbocycles. The maximum Gasteiger partial charge on any atom is 0.206 e. The average molecular weight is 172 g/mol. The zero-order valence-electron chi connectivity index (χ0n) is 6.58. The molecule has 66 valence electrons. The van der Waals surface area contributed by atoms with Crippen molar-refractivity contribution in [3.8, 4) is 11.5 Å². The van der Waals surface area contributed by atoms with Crippen LogP contribution in [0.5, 0.6) is 11.5 Å². The zero-order chi connectivity index (χ0) is 8.97. The van der Waals surface area contributed by atoms with Gasteiger partial charge in [0.25, 0.3) is 0 Å². The Labute approximate surface area is 69.3 Å². The lowest BCUT2D eigenvalue weighted by atomic mass is 10.3. The summed E-state index contributed by atoms with van der Waals surface area (Å²) in [5, 5.41) is 8.90. The van der Waals surface area contributed by atoms with E-state index in [4.69, 9.17) is 9.84 Å². The molecule has 0 bridgehead atoms. The molecular weight excluding hydrogens is 163 g/mol. The van der Waals surface area contributed by atoms with Crippen LogP contribution >= 0.6 is 0 Å². The molecular formula is C8H9FO3. The second-order valence-electron chi connectivity index (χ2n) is 2.14. The van der Waals surface area contributed by atoms with Gasteiger partial charge in [-0.2, -0.15) is 4.39 Å². The average Bonchev–Trinajstić information content (AvgIpc) is 2.08. The highest BCUT2D eigenvalue weighted by Crippen LogP contribution is 2.24. The number of benzene rings is 1. The Kier molecular flexibility index (Phi) is 2.88. The molecule has 4 heteroatoms. The number of phenols is 1. The molecule has 0 radical (unpaired) electrons. The number of rotatable bonds is 3. The van der Waals surface area contributed by atoms with Gasteiger partial charge in [0, 0.05) is 7.11 Å². The molecule has 1 N–H and O–H groups in total. The van der Waals surface area contributed by atoms with Gasteiger partial charge in [-0.3, -0.25) is 0 Å². The fraction of sp³-hybridized carbons (Fsp3) is 0.250. The van der Waals surface area contributed by atoms with Crippen LogP contribution in [0.25, 0.3) is 0 Å². The van der Waals surface area contributed by atoms with Crippen molar-refractivity contribution in [2.24, 2.45) is 0 Å². The quantitative estimate of drug-likeness (QED) is 0.702. The van der Waals surface area contributed by atoms with Crippen molar-refractivity contribution in [2.75, 3.05) is 13.9 Å². The van der Waals surface area contributed by atoms with Crippen molar-refractivity contribution in [1.29, 1.82) is 0 Å². The third-order valence-electron chi connectivity index (χ3n) is 1.28. The summed E-state index contributed by atoms with van der Waals surface area (Å²) in [6.45, 7) is -0.0413. The van der Waals surface area contributed by atoms with Crippen molar-refractivity contribution < 1.29 is 19.0 Å². The van der Waals surface area contributed by atoms with Gasteiger partial charge in [0.2, 0.25) is 5.82 Å². The first kappa shape index (κ1) is 8.80. The number of phenolic OH excluding ortho intramolecular Hbond substituents is 1. The van der Waals surface area contributed by atoms with Crippen LogP contribution in [0.3, 0.4) is 0 Å². The molecule has 0 fully saturated rings.